The average molecular weight is 543 g/mol. The van der Waals surface area contributed by atoms with Gasteiger partial charge in [0, 0.05) is 12.1 Å². The van der Waals surface area contributed by atoms with Crippen LogP contribution >= 0.6 is 39.3 Å². The van der Waals surface area contributed by atoms with Crippen molar-refractivity contribution in [1.29, 1.82) is 0 Å². The van der Waals surface area contributed by atoms with Gasteiger partial charge in [-0.3, -0.25) is 14.9 Å². The van der Waals surface area contributed by atoms with Gasteiger partial charge in [-0.1, -0.05) is 11.6 Å². The van der Waals surface area contributed by atoms with E-state index < -0.39 is 23.4 Å². The molecule has 1 aliphatic heterocycles. The number of rotatable bonds is 7. The maximum atomic E-state index is 12.4. The molecule has 0 bridgehead atoms. The molecule has 0 spiro atoms. The van der Waals surface area contributed by atoms with Crippen molar-refractivity contribution in [2.45, 2.75) is 0 Å². The van der Waals surface area contributed by atoms with Gasteiger partial charge in [-0.25, -0.2) is 9.79 Å². The highest BCUT2D eigenvalue weighted by Crippen LogP contribution is 2.38. The zero-order valence-corrected chi connectivity index (χ0v) is 19.3. The highest BCUT2D eigenvalue weighted by Gasteiger charge is 2.25. The molecule has 13 heteroatoms. The predicted octanol–water partition coefficient (Wildman–Crippen LogP) is 4.37. The summed E-state index contributed by atoms with van der Waals surface area (Å²) < 4.78 is 10.9. The van der Waals surface area contributed by atoms with E-state index in [1.165, 1.54) is 25.3 Å². The van der Waals surface area contributed by atoms with Gasteiger partial charge in [0.25, 0.3) is 11.6 Å². The monoisotopic (exact) mass is 541 g/mol. The molecule has 1 amide bonds. The highest BCUT2D eigenvalue weighted by molar-refractivity contribution is 9.10. The number of non-ortho nitro benzene ring substituents is 1. The first-order valence-corrected chi connectivity index (χ1v) is 10.6. The number of carboxylic acids is 1. The summed E-state index contributed by atoms with van der Waals surface area (Å²) in [6.45, 7) is -0.543. The molecule has 1 heterocycles. The molecule has 0 aliphatic carbocycles. The number of methoxy groups -OCH3 is 1. The quantitative estimate of drug-likeness (QED) is 0.298. The minimum Gasteiger partial charge on any atom is -0.493 e. The number of amidine groups is 1. The second kappa shape index (κ2) is 10.0. The molecule has 0 radical (unpaired) electrons. The molecule has 2 N–H and O–H groups in total. The summed E-state index contributed by atoms with van der Waals surface area (Å²) in [5, 5.41) is 22.6. The van der Waals surface area contributed by atoms with Gasteiger partial charge in [-0.05, 0) is 57.5 Å². The molecule has 10 nitrogen and oxygen atoms in total. The van der Waals surface area contributed by atoms with E-state index in [4.69, 9.17) is 26.2 Å². The van der Waals surface area contributed by atoms with E-state index >= 15 is 0 Å². The standard InChI is InChI=1S/C19H13BrClN3O7S/c1-30-14-5-9(4-11(20)17(14)31-8-16(25)26)6-15-18(27)23-19(32-15)22-13-3-2-10(24(28)29)7-12(13)21/h2-7H,8H2,1H3,(H,25,26)(H,22,23,27)/b15-6+. The van der Waals surface area contributed by atoms with Crippen molar-refractivity contribution in [3.05, 3.63) is 60.4 Å². The van der Waals surface area contributed by atoms with Gasteiger partial charge in [-0.15, -0.1) is 0 Å². The molecule has 1 aliphatic rings. The van der Waals surface area contributed by atoms with Gasteiger partial charge in [0.2, 0.25) is 0 Å². The Labute approximate surface area is 198 Å². The van der Waals surface area contributed by atoms with Gasteiger partial charge in [0.05, 0.1) is 32.1 Å². The first-order valence-electron chi connectivity index (χ1n) is 8.63. The number of carbonyl (C=O) groups excluding carboxylic acids is 1. The number of nitro benzene ring substituents is 1. The fourth-order valence-corrected chi connectivity index (χ4v) is 4.16. The summed E-state index contributed by atoms with van der Waals surface area (Å²) in [6.07, 6.45) is 1.59. The van der Waals surface area contributed by atoms with Gasteiger partial charge in [-0.2, -0.15) is 0 Å². The van der Waals surface area contributed by atoms with Crippen LogP contribution in [0.25, 0.3) is 6.08 Å². The minimum atomic E-state index is -1.14. The number of halogens is 2. The molecule has 166 valence electrons. The van der Waals surface area contributed by atoms with Gasteiger partial charge in [0.15, 0.2) is 23.3 Å². The van der Waals surface area contributed by atoms with Crippen LogP contribution in [0.3, 0.4) is 0 Å². The Morgan fingerprint density at radius 3 is 2.78 bits per heavy atom. The number of ether oxygens (including phenoxy) is 2. The number of nitrogens with one attached hydrogen (secondary N) is 1. The van der Waals surface area contributed by atoms with Crippen LogP contribution in [0.15, 0.2) is 44.7 Å². The van der Waals surface area contributed by atoms with Gasteiger partial charge >= 0.3 is 5.97 Å². The van der Waals surface area contributed by atoms with E-state index in [2.05, 4.69) is 26.2 Å². The van der Waals surface area contributed by atoms with E-state index in [1.54, 1.807) is 18.2 Å². The molecule has 2 aromatic rings. The maximum absolute atomic E-state index is 12.4. The van der Waals surface area contributed by atoms with E-state index in [9.17, 15) is 19.7 Å². The number of nitro groups is 1. The summed E-state index contributed by atoms with van der Waals surface area (Å²) in [7, 11) is 1.40. The van der Waals surface area contributed by atoms with Gasteiger partial charge in [0.1, 0.15) is 0 Å². The van der Waals surface area contributed by atoms with E-state index in [1.807, 2.05) is 0 Å². The van der Waals surface area contributed by atoms with Crippen LogP contribution in [0, 0.1) is 10.1 Å². The number of aliphatic carboxylic acids is 1. The number of carboxylic acid groups (broad SMARTS) is 1. The Balaban J connectivity index is 1.85. The number of aliphatic imine (C=N–C) groups is 1. The lowest BCUT2D eigenvalue weighted by molar-refractivity contribution is -0.384. The Morgan fingerprint density at radius 2 is 2.16 bits per heavy atom. The average Bonchev–Trinajstić information content (AvgIpc) is 3.06. The van der Waals surface area contributed by atoms with Crippen LogP contribution in [0.1, 0.15) is 5.56 Å². The van der Waals surface area contributed by atoms with Crippen molar-refractivity contribution < 1.29 is 29.1 Å². The van der Waals surface area contributed by atoms with Crippen molar-refractivity contribution >= 4 is 73.8 Å². The molecule has 0 unspecified atom stereocenters. The Bertz CT molecular complexity index is 1190. The normalized spacial score (nSPS) is 15.7. The number of amides is 1. The number of hydrogen-bond donors (Lipinski definition) is 2. The number of thioether (sulfide) groups is 1. The number of hydrogen-bond acceptors (Lipinski definition) is 8. The van der Waals surface area contributed by atoms with Crippen LogP contribution in [0.2, 0.25) is 5.02 Å². The third-order valence-electron chi connectivity index (χ3n) is 3.90. The molecule has 0 saturated carbocycles. The molecule has 2 aromatic carbocycles. The number of carbonyl (C=O) groups is 2. The molecule has 1 fully saturated rings. The van der Waals surface area contributed by atoms with Crippen LogP contribution < -0.4 is 14.8 Å². The Kier molecular flexibility index (Phi) is 7.38. The fraction of sp³-hybridized carbons (Fsp3) is 0.105. The van der Waals surface area contributed by atoms with E-state index in [0.717, 1.165) is 11.8 Å². The molecular formula is C19H13BrClN3O7S. The second-order valence-corrected chi connectivity index (χ2v) is 8.38. The summed E-state index contributed by atoms with van der Waals surface area (Å²) in [5.74, 6) is -1.03. The van der Waals surface area contributed by atoms with Crippen LogP contribution in [0.5, 0.6) is 11.5 Å². The van der Waals surface area contributed by atoms with Crippen molar-refractivity contribution in [3.8, 4) is 11.5 Å². The Hall–Kier alpha value is -3.09. The SMILES string of the molecule is COc1cc(/C=C2/SC(=Nc3ccc([N+](=O)[O-])cc3Cl)NC2=O)cc(Br)c1OCC(=O)O. The summed E-state index contributed by atoms with van der Waals surface area (Å²) in [5.41, 5.74) is 0.687. The number of nitrogens with zero attached hydrogens (tertiary/aromatic N) is 2. The third-order valence-corrected chi connectivity index (χ3v) is 5.71. The summed E-state index contributed by atoms with van der Waals surface area (Å²) in [6, 6.07) is 7.06. The van der Waals surface area contributed by atoms with Crippen molar-refractivity contribution in [2.24, 2.45) is 4.99 Å². The zero-order chi connectivity index (χ0) is 23.4. The minimum absolute atomic E-state index is 0.0737. The third kappa shape index (κ3) is 5.58. The maximum Gasteiger partial charge on any atom is 0.341 e. The zero-order valence-electron chi connectivity index (χ0n) is 16.1. The van der Waals surface area contributed by atoms with Crippen LogP contribution in [0.4, 0.5) is 11.4 Å². The summed E-state index contributed by atoms with van der Waals surface area (Å²) in [4.78, 5) is 37.9. The second-order valence-electron chi connectivity index (χ2n) is 6.09. The smallest absolute Gasteiger partial charge is 0.341 e. The summed E-state index contributed by atoms with van der Waals surface area (Å²) >= 11 is 10.4. The van der Waals surface area contributed by atoms with E-state index in [0.29, 0.717) is 14.9 Å². The predicted molar refractivity (Wildman–Crippen MR) is 123 cm³/mol. The molecular weight excluding hydrogens is 530 g/mol. The van der Waals surface area contributed by atoms with E-state index in [-0.39, 0.29) is 33.1 Å². The molecule has 32 heavy (non-hydrogen) atoms. The molecule has 3 rings (SSSR count). The fourth-order valence-electron chi connectivity index (χ4n) is 2.54. The van der Waals surface area contributed by atoms with Crippen LogP contribution in [-0.4, -0.2) is 40.8 Å². The molecule has 1 saturated heterocycles. The topological polar surface area (TPSA) is 140 Å². The van der Waals surface area contributed by atoms with Crippen molar-refractivity contribution in [3.63, 3.8) is 0 Å². The number of benzene rings is 2. The Morgan fingerprint density at radius 1 is 1.41 bits per heavy atom. The van der Waals surface area contributed by atoms with Crippen LogP contribution in [-0.2, 0) is 9.59 Å². The van der Waals surface area contributed by atoms with Crippen molar-refractivity contribution in [1.82, 2.24) is 5.32 Å². The lowest BCUT2D eigenvalue weighted by atomic mass is 10.2. The highest BCUT2D eigenvalue weighted by atomic mass is 79.9. The largest absolute Gasteiger partial charge is 0.493 e. The molecule has 0 atom stereocenters. The lowest BCUT2D eigenvalue weighted by Crippen LogP contribution is -2.19. The van der Waals surface area contributed by atoms with Gasteiger partial charge < -0.3 is 19.9 Å². The molecule has 0 aromatic heterocycles. The first-order chi connectivity index (χ1) is 15.2. The first kappa shape index (κ1) is 23.6. The van der Waals surface area contributed by atoms with Crippen molar-refractivity contribution in [2.75, 3.05) is 13.7 Å². The lowest BCUT2D eigenvalue weighted by Gasteiger charge is -2.12.